The van der Waals surface area contributed by atoms with Crippen LogP contribution in [0.5, 0.6) is 0 Å². The van der Waals surface area contributed by atoms with Gasteiger partial charge in [0.1, 0.15) is 0 Å². The molecule has 0 aliphatic heterocycles. The van der Waals surface area contributed by atoms with Crippen LogP contribution in [-0.4, -0.2) is 14.3 Å². The lowest BCUT2D eigenvalue weighted by Crippen LogP contribution is -2.16. The van der Waals surface area contributed by atoms with Gasteiger partial charge in [-0.3, -0.25) is 9.52 Å². The van der Waals surface area contributed by atoms with Gasteiger partial charge in [-0.25, -0.2) is 8.42 Å². The Morgan fingerprint density at radius 1 is 1.04 bits per heavy atom. The molecule has 3 rings (SSSR count). The highest BCUT2D eigenvalue weighted by Crippen LogP contribution is 2.27. The van der Waals surface area contributed by atoms with Crippen LogP contribution in [0, 0.1) is 13.8 Å². The first-order valence-corrected chi connectivity index (χ1v) is 10.8. The Morgan fingerprint density at radius 3 is 2.44 bits per heavy atom. The number of carbonyl (C=O) groups is 1. The average Bonchev–Trinajstić information content (AvgIpc) is 3.04. The maximum atomic E-state index is 12.8. The number of rotatable bonds is 5. The number of carbonyl (C=O) groups excluding carboxylic acids is 1. The summed E-state index contributed by atoms with van der Waals surface area (Å²) in [6.45, 7) is 3.54. The molecule has 8 heteroatoms. The first kappa shape index (κ1) is 19.4. The van der Waals surface area contributed by atoms with Crippen LogP contribution < -0.4 is 10.0 Å². The molecule has 2 aromatic carbocycles. The standard InChI is InChI=1S/C19H17ClN2O3S2/c1-12-7-8-14(21-19(23)18-13(2)9-10-26-18)11-17(12)27(24,25)22-16-6-4-3-5-15(16)20/h3-11,22H,1-2H3,(H,21,23). The van der Waals surface area contributed by atoms with Crippen LogP contribution in [0.2, 0.25) is 5.02 Å². The van der Waals surface area contributed by atoms with E-state index < -0.39 is 10.0 Å². The maximum absolute atomic E-state index is 12.8. The maximum Gasteiger partial charge on any atom is 0.265 e. The lowest BCUT2D eigenvalue weighted by atomic mass is 10.2. The van der Waals surface area contributed by atoms with Gasteiger partial charge in [-0.2, -0.15) is 0 Å². The molecule has 0 unspecified atom stereocenters. The van der Waals surface area contributed by atoms with Gasteiger partial charge in [0.2, 0.25) is 0 Å². The quantitative estimate of drug-likeness (QED) is 0.604. The van der Waals surface area contributed by atoms with E-state index in [1.807, 2.05) is 18.4 Å². The lowest BCUT2D eigenvalue weighted by molar-refractivity contribution is 0.103. The minimum absolute atomic E-state index is 0.0723. The molecule has 1 amide bonds. The van der Waals surface area contributed by atoms with Gasteiger partial charge in [0.05, 0.1) is 20.5 Å². The van der Waals surface area contributed by atoms with Crippen LogP contribution in [0.25, 0.3) is 0 Å². The first-order chi connectivity index (χ1) is 12.8. The summed E-state index contributed by atoms with van der Waals surface area (Å²) >= 11 is 7.38. The topological polar surface area (TPSA) is 75.3 Å². The number of para-hydroxylation sites is 1. The van der Waals surface area contributed by atoms with Gasteiger partial charge >= 0.3 is 0 Å². The molecule has 0 spiro atoms. The van der Waals surface area contributed by atoms with Crippen molar-refractivity contribution in [3.63, 3.8) is 0 Å². The fourth-order valence-corrected chi connectivity index (χ4v) is 4.92. The molecule has 0 bridgehead atoms. The number of benzene rings is 2. The molecular formula is C19H17ClN2O3S2. The van der Waals surface area contributed by atoms with Gasteiger partial charge in [-0.05, 0) is 60.7 Å². The van der Waals surface area contributed by atoms with Crippen molar-refractivity contribution in [1.29, 1.82) is 0 Å². The Hall–Kier alpha value is -2.35. The van der Waals surface area contributed by atoms with Crippen molar-refractivity contribution < 1.29 is 13.2 Å². The van der Waals surface area contributed by atoms with Crippen molar-refractivity contribution in [1.82, 2.24) is 0 Å². The van der Waals surface area contributed by atoms with Crippen molar-refractivity contribution in [2.24, 2.45) is 0 Å². The number of halogens is 1. The van der Waals surface area contributed by atoms with Crippen molar-refractivity contribution in [3.8, 4) is 0 Å². The normalized spacial score (nSPS) is 11.2. The highest BCUT2D eigenvalue weighted by molar-refractivity contribution is 7.92. The molecule has 140 valence electrons. The molecule has 0 fully saturated rings. The number of aryl methyl sites for hydroxylation is 2. The van der Waals surface area contributed by atoms with E-state index in [2.05, 4.69) is 10.0 Å². The molecule has 0 aliphatic rings. The summed E-state index contributed by atoms with van der Waals surface area (Å²) < 4.78 is 28.1. The number of hydrogen-bond donors (Lipinski definition) is 2. The van der Waals surface area contributed by atoms with Gasteiger partial charge in [-0.15, -0.1) is 11.3 Å². The Balaban J connectivity index is 1.90. The van der Waals surface area contributed by atoms with Crippen LogP contribution >= 0.6 is 22.9 Å². The smallest absolute Gasteiger partial charge is 0.265 e. The Bertz CT molecular complexity index is 1110. The van der Waals surface area contributed by atoms with Crippen LogP contribution in [0.4, 0.5) is 11.4 Å². The molecule has 0 atom stereocenters. The number of anilines is 2. The highest BCUT2D eigenvalue weighted by atomic mass is 35.5. The molecule has 0 saturated heterocycles. The minimum atomic E-state index is -3.87. The van der Waals surface area contributed by atoms with Crippen LogP contribution in [0.3, 0.4) is 0 Å². The van der Waals surface area contributed by atoms with Gasteiger partial charge < -0.3 is 5.32 Å². The van der Waals surface area contributed by atoms with Gasteiger partial charge in [0.25, 0.3) is 15.9 Å². The fourth-order valence-electron chi connectivity index (χ4n) is 2.50. The van der Waals surface area contributed by atoms with Crippen LogP contribution in [0.15, 0.2) is 58.8 Å². The second-order valence-electron chi connectivity index (χ2n) is 5.95. The van der Waals surface area contributed by atoms with Crippen molar-refractivity contribution in [2.45, 2.75) is 18.7 Å². The Morgan fingerprint density at radius 2 is 1.78 bits per heavy atom. The largest absolute Gasteiger partial charge is 0.321 e. The molecule has 0 aliphatic carbocycles. The van der Waals surface area contributed by atoms with Crippen molar-refractivity contribution in [3.05, 3.63) is 74.9 Å². The summed E-state index contributed by atoms with van der Waals surface area (Å²) in [5.41, 5.74) is 2.12. The van der Waals surface area contributed by atoms with Gasteiger partial charge in [-0.1, -0.05) is 29.8 Å². The molecule has 0 saturated carbocycles. The third-order valence-electron chi connectivity index (χ3n) is 3.92. The molecule has 0 radical (unpaired) electrons. The van der Waals surface area contributed by atoms with Gasteiger partial charge in [0, 0.05) is 5.69 Å². The third-order valence-corrected chi connectivity index (χ3v) is 6.77. The van der Waals surface area contributed by atoms with E-state index in [0.717, 1.165) is 5.56 Å². The van der Waals surface area contributed by atoms with E-state index in [0.29, 0.717) is 26.8 Å². The first-order valence-electron chi connectivity index (χ1n) is 8.01. The SMILES string of the molecule is Cc1ccc(NC(=O)c2sccc2C)cc1S(=O)(=O)Nc1ccccc1Cl. The number of amides is 1. The molecule has 2 N–H and O–H groups in total. The monoisotopic (exact) mass is 420 g/mol. The summed E-state index contributed by atoms with van der Waals surface area (Å²) in [4.78, 5) is 13.1. The summed E-state index contributed by atoms with van der Waals surface area (Å²) in [5.74, 6) is -0.270. The summed E-state index contributed by atoms with van der Waals surface area (Å²) in [5, 5.41) is 4.89. The van der Waals surface area contributed by atoms with E-state index in [4.69, 9.17) is 11.6 Å². The predicted octanol–water partition coefficient (Wildman–Crippen LogP) is 5.07. The minimum Gasteiger partial charge on any atom is -0.321 e. The molecular weight excluding hydrogens is 404 g/mol. The zero-order valence-corrected chi connectivity index (χ0v) is 17.0. The molecule has 1 aromatic heterocycles. The number of sulfonamides is 1. The lowest BCUT2D eigenvalue weighted by Gasteiger charge is -2.13. The van der Waals surface area contributed by atoms with E-state index in [-0.39, 0.29) is 10.8 Å². The number of thiophene rings is 1. The second-order valence-corrected chi connectivity index (χ2v) is 8.93. The number of nitrogens with one attached hydrogen (secondary N) is 2. The van der Waals surface area contributed by atoms with Crippen LogP contribution in [-0.2, 0) is 10.0 Å². The average molecular weight is 421 g/mol. The molecule has 1 heterocycles. The van der Waals surface area contributed by atoms with Crippen molar-refractivity contribution in [2.75, 3.05) is 10.0 Å². The summed E-state index contributed by atoms with van der Waals surface area (Å²) in [6.07, 6.45) is 0. The fraction of sp³-hybridized carbons (Fsp3) is 0.105. The summed E-state index contributed by atoms with van der Waals surface area (Å²) in [7, 11) is -3.87. The molecule has 27 heavy (non-hydrogen) atoms. The highest BCUT2D eigenvalue weighted by Gasteiger charge is 2.20. The Labute approximate surface area is 167 Å². The number of hydrogen-bond acceptors (Lipinski definition) is 4. The molecule has 3 aromatic rings. The van der Waals surface area contributed by atoms with E-state index >= 15 is 0 Å². The second kappa shape index (κ2) is 7.72. The van der Waals surface area contributed by atoms with Gasteiger partial charge in [0.15, 0.2) is 0 Å². The van der Waals surface area contributed by atoms with Crippen LogP contribution in [0.1, 0.15) is 20.8 Å². The zero-order chi connectivity index (χ0) is 19.6. The molecule has 5 nitrogen and oxygen atoms in total. The summed E-state index contributed by atoms with van der Waals surface area (Å²) in [6, 6.07) is 13.2. The predicted molar refractivity (Wildman–Crippen MR) is 110 cm³/mol. The third kappa shape index (κ3) is 4.32. The van der Waals surface area contributed by atoms with Crippen molar-refractivity contribution >= 4 is 50.2 Å². The Kier molecular flexibility index (Phi) is 5.55. The van der Waals surface area contributed by atoms with E-state index in [1.54, 1.807) is 43.3 Å². The van der Waals surface area contributed by atoms with E-state index in [1.165, 1.54) is 17.4 Å². The van der Waals surface area contributed by atoms with E-state index in [9.17, 15) is 13.2 Å². The zero-order valence-electron chi connectivity index (χ0n) is 14.6.